The third-order valence-corrected chi connectivity index (χ3v) is 5.84. The number of furan rings is 1. The Balaban J connectivity index is 1.33. The van der Waals surface area contributed by atoms with Gasteiger partial charge in [0.2, 0.25) is 5.58 Å². The Labute approximate surface area is 183 Å². The maximum Gasteiger partial charge on any atom is 0.294 e. The van der Waals surface area contributed by atoms with E-state index in [0.717, 1.165) is 18.4 Å². The molecule has 4 aromatic rings. The van der Waals surface area contributed by atoms with Crippen molar-refractivity contribution >= 4 is 39.6 Å². The molecule has 1 N–H and O–H groups in total. The molecule has 3 heterocycles. The summed E-state index contributed by atoms with van der Waals surface area (Å²) >= 11 is 6.03. The molecule has 1 aliphatic heterocycles. The highest BCUT2D eigenvalue weighted by Crippen LogP contribution is 2.24. The van der Waals surface area contributed by atoms with Crippen molar-refractivity contribution in [2.45, 2.75) is 13.0 Å². The molecule has 2 aromatic carbocycles. The molecule has 0 atom stereocenters. The van der Waals surface area contributed by atoms with Crippen LogP contribution in [-0.2, 0) is 6.54 Å². The van der Waals surface area contributed by atoms with E-state index in [4.69, 9.17) is 16.0 Å². The third-order valence-electron chi connectivity index (χ3n) is 5.60. The van der Waals surface area contributed by atoms with E-state index >= 15 is 0 Å². The zero-order valence-corrected chi connectivity index (χ0v) is 17.6. The van der Waals surface area contributed by atoms with Gasteiger partial charge < -0.3 is 14.3 Å². The van der Waals surface area contributed by atoms with Gasteiger partial charge in [0.05, 0.1) is 6.54 Å². The molecular formula is C23H21ClN4O3. The van der Waals surface area contributed by atoms with Gasteiger partial charge >= 0.3 is 0 Å². The second-order valence-corrected chi connectivity index (χ2v) is 8.16. The van der Waals surface area contributed by atoms with E-state index in [1.807, 2.05) is 29.2 Å². The first-order valence-corrected chi connectivity index (χ1v) is 10.6. The minimum Gasteiger partial charge on any atom is -0.449 e. The normalized spacial score (nSPS) is 15.5. The highest BCUT2D eigenvalue weighted by molar-refractivity contribution is 6.30. The maximum absolute atomic E-state index is 12.8. The van der Waals surface area contributed by atoms with Crippen molar-refractivity contribution in [3.63, 3.8) is 0 Å². The molecule has 7 nitrogen and oxygen atoms in total. The molecular weight excluding hydrogens is 416 g/mol. The van der Waals surface area contributed by atoms with Crippen molar-refractivity contribution in [3.05, 3.63) is 75.3 Å². The topological polar surface area (TPSA) is 82.4 Å². The molecule has 0 aliphatic carbocycles. The smallest absolute Gasteiger partial charge is 0.294 e. The Bertz CT molecular complexity index is 1330. The molecule has 1 aliphatic rings. The van der Waals surface area contributed by atoms with E-state index in [1.54, 1.807) is 24.3 Å². The highest BCUT2D eigenvalue weighted by atomic mass is 35.5. The molecule has 158 valence electrons. The minimum absolute atomic E-state index is 0.0119. The molecule has 31 heavy (non-hydrogen) atoms. The number of carbonyl (C=O) groups excluding carboxylic acids is 1. The first-order chi connectivity index (χ1) is 15.1. The average Bonchev–Trinajstić information content (AvgIpc) is 2.98. The number of halogens is 1. The number of benzene rings is 2. The first-order valence-electron chi connectivity index (χ1n) is 10.3. The summed E-state index contributed by atoms with van der Waals surface area (Å²) in [5.74, 6) is 0.584. The number of rotatable bonds is 3. The van der Waals surface area contributed by atoms with Crippen molar-refractivity contribution in [2.75, 3.05) is 26.2 Å². The van der Waals surface area contributed by atoms with Crippen LogP contribution in [0.25, 0.3) is 22.1 Å². The first kappa shape index (κ1) is 19.8. The summed E-state index contributed by atoms with van der Waals surface area (Å²) < 4.78 is 5.67. The number of aromatic amines is 1. The average molecular weight is 437 g/mol. The van der Waals surface area contributed by atoms with Gasteiger partial charge in [0.1, 0.15) is 16.9 Å². The van der Waals surface area contributed by atoms with Crippen LogP contribution in [0.2, 0.25) is 5.02 Å². The molecule has 2 aromatic heterocycles. The van der Waals surface area contributed by atoms with Crippen molar-refractivity contribution in [2.24, 2.45) is 0 Å². The van der Waals surface area contributed by atoms with Crippen LogP contribution in [0.4, 0.5) is 0 Å². The summed E-state index contributed by atoms with van der Waals surface area (Å²) in [4.78, 5) is 37.0. The Morgan fingerprint density at radius 3 is 2.84 bits per heavy atom. The summed E-state index contributed by atoms with van der Waals surface area (Å²) in [6, 6.07) is 14.5. The highest BCUT2D eigenvalue weighted by Gasteiger charge is 2.21. The van der Waals surface area contributed by atoms with Crippen LogP contribution in [0.1, 0.15) is 22.6 Å². The monoisotopic (exact) mass is 436 g/mol. The number of H-pyrrole nitrogens is 1. The second-order valence-electron chi connectivity index (χ2n) is 7.72. The molecule has 0 radical (unpaired) electrons. The number of nitrogens with one attached hydrogen (secondary N) is 1. The Morgan fingerprint density at radius 2 is 1.97 bits per heavy atom. The fourth-order valence-corrected chi connectivity index (χ4v) is 4.26. The quantitative estimate of drug-likeness (QED) is 0.530. The minimum atomic E-state index is -0.274. The number of carbonyl (C=O) groups is 1. The van der Waals surface area contributed by atoms with Crippen LogP contribution in [-0.4, -0.2) is 51.9 Å². The molecule has 0 unspecified atom stereocenters. The largest absolute Gasteiger partial charge is 0.449 e. The standard InChI is InChI=1S/C23H21ClN4O3/c24-16-6-3-5-15(13-16)23(30)28-10-4-9-27(11-12-28)14-19-25-20-17-7-1-2-8-18(17)31-21(20)22(29)26-19/h1-3,5-8,13H,4,9-12,14H2,(H,25,26,29). The van der Waals surface area contributed by atoms with Gasteiger partial charge in [0, 0.05) is 42.2 Å². The fraction of sp³-hybridized carbons (Fsp3) is 0.261. The van der Waals surface area contributed by atoms with Crippen LogP contribution in [0.15, 0.2) is 57.7 Å². The van der Waals surface area contributed by atoms with E-state index in [0.29, 0.717) is 53.7 Å². The van der Waals surface area contributed by atoms with Gasteiger partial charge in [-0.2, -0.15) is 0 Å². The van der Waals surface area contributed by atoms with E-state index < -0.39 is 0 Å². The zero-order valence-electron chi connectivity index (χ0n) is 16.8. The van der Waals surface area contributed by atoms with Gasteiger partial charge in [-0.25, -0.2) is 4.98 Å². The van der Waals surface area contributed by atoms with Gasteiger partial charge in [0.15, 0.2) is 0 Å². The van der Waals surface area contributed by atoms with E-state index in [9.17, 15) is 9.59 Å². The van der Waals surface area contributed by atoms with Crippen LogP contribution >= 0.6 is 11.6 Å². The predicted molar refractivity (Wildman–Crippen MR) is 119 cm³/mol. The van der Waals surface area contributed by atoms with E-state index in [-0.39, 0.29) is 17.0 Å². The van der Waals surface area contributed by atoms with Gasteiger partial charge in [-0.05, 0) is 36.8 Å². The predicted octanol–water partition coefficient (Wildman–Crippen LogP) is 3.67. The van der Waals surface area contributed by atoms with Gasteiger partial charge in [0.25, 0.3) is 11.5 Å². The number of amides is 1. The lowest BCUT2D eigenvalue weighted by atomic mass is 10.2. The van der Waals surface area contributed by atoms with E-state index in [2.05, 4.69) is 14.9 Å². The number of para-hydroxylation sites is 1. The van der Waals surface area contributed by atoms with Crippen molar-refractivity contribution in [3.8, 4) is 0 Å². The third kappa shape index (κ3) is 3.94. The molecule has 1 fully saturated rings. The molecule has 0 bridgehead atoms. The number of hydrogen-bond acceptors (Lipinski definition) is 5. The van der Waals surface area contributed by atoms with Crippen molar-refractivity contribution in [1.29, 1.82) is 0 Å². The van der Waals surface area contributed by atoms with E-state index in [1.165, 1.54) is 0 Å². The van der Waals surface area contributed by atoms with Crippen molar-refractivity contribution < 1.29 is 9.21 Å². The number of fused-ring (bicyclic) bond motifs is 3. The molecule has 5 rings (SSSR count). The second kappa shape index (κ2) is 8.17. The SMILES string of the molecule is O=C(c1cccc(Cl)c1)N1CCCN(Cc2nc3c(oc4ccccc43)c(=O)[nH]2)CC1. The Kier molecular flexibility index (Phi) is 5.21. The Hall–Kier alpha value is -3.16. The van der Waals surface area contributed by atoms with Crippen LogP contribution in [0.5, 0.6) is 0 Å². The summed E-state index contributed by atoms with van der Waals surface area (Å²) in [5.41, 5.74) is 1.81. The van der Waals surface area contributed by atoms with Crippen LogP contribution in [0.3, 0.4) is 0 Å². The number of aromatic nitrogens is 2. The summed E-state index contributed by atoms with van der Waals surface area (Å²) in [6.07, 6.45) is 0.841. The van der Waals surface area contributed by atoms with Crippen molar-refractivity contribution in [1.82, 2.24) is 19.8 Å². The summed E-state index contributed by atoms with van der Waals surface area (Å²) in [5, 5.41) is 1.39. The zero-order chi connectivity index (χ0) is 21.4. The maximum atomic E-state index is 12.8. The molecule has 1 saturated heterocycles. The lowest BCUT2D eigenvalue weighted by Gasteiger charge is -2.22. The summed E-state index contributed by atoms with van der Waals surface area (Å²) in [7, 11) is 0. The summed E-state index contributed by atoms with van der Waals surface area (Å²) in [6.45, 7) is 3.29. The Morgan fingerprint density at radius 1 is 1.10 bits per heavy atom. The molecule has 0 spiro atoms. The lowest BCUT2D eigenvalue weighted by molar-refractivity contribution is 0.0761. The number of hydrogen-bond donors (Lipinski definition) is 1. The van der Waals surface area contributed by atoms with Gasteiger partial charge in [-0.15, -0.1) is 0 Å². The molecule has 0 saturated carbocycles. The lowest BCUT2D eigenvalue weighted by Crippen LogP contribution is -2.35. The van der Waals surface area contributed by atoms with Crippen LogP contribution < -0.4 is 5.56 Å². The molecule has 1 amide bonds. The van der Waals surface area contributed by atoms with Crippen LogP contribution in [0, 0.1) is 0 Å². The van der Waals surface area contributed by atoms with Gasteiger partial charge in [-0.1, -0.05) is 29.8 Å². The van der Waals surface area contributed by atoms with Gasteiger partial charge in [-0.3, -0.25) is 14.5 Å². The molecule has 8 heteroatoms. The number of nitrogens with zero attached hydrogens (tertiary/aromatic N) is 3. The fourth-order valence-electron chi connectivity index (χ4n) is 4.07.